The van der Waals surface area contributed by atoms with Crippen LogP contribution in [0.5, 0.6) is 0 Å². The minimum absolute atomic E-state index is 0.00124. The van der Waals surface area contributed by atoms with E-state index in [-0.39, 0.29) is 5.41 Å². The van der Waals surface area contributed by atoms with Crippen molar-refractivity contribution in [1.29, 1.82) is 0 Å². The zero-order valence-corrected chi connectivity index (χ0v) is 17.5. The van der Waals surface area contributed by atoms with Crippen molar-refractivity contribution >= 4 is 15.8 Å². The zero-order valence-electron chi connectivity index (χ0n) is 16.6. The Kier molecular flexibility index (Phi) is 5.14. The fourth-order valence-electron chi connectivity index (χ4n) is 4.44. The molecule has 0 amide bonds. The number of hydrogen-bond donors (Lipinski definition) is 0. The van der Waals surface area contributed by atoms with Gasteiger partial charge in [0, 0.05) is 31.6 Å². The molecule has 4 rings (SSSR count). The van der Waals surface area contributed by atoms with Crippen LogP contribution in [0.15, 0.2) is 41.3 Å². The van der Waals surface area contributed by atoms with Gasteiger partial charge in [0.1, 0.15) is 0 Å². The van der Waals surface area contributed by atoms with Gasteiger partial charge in [0.05, 0.1) is 10.6 Å². The highest BCUT2D eigenvalue weighted by molar-refractivity contribution is 7.89. The fraction of sp³-hybridized carbons (Fsp3) is 0.524. The molecule has 1 aromatic carbocycles. The molecular formula is C21H28N4O2S. The molecule has 150 valence electrons. The number of benzene rings is 1. The van der Waals surface area contributed by atoms with E-state index < -0.39 is 10.0 Å². The summed E-state index contributed by atoms with van der Waals surface area (Å²) in [7, 11) is -3.44. The third-order valence-electron chi connectivity index (χ3n) is 6.14. The van der Waals surface area contributed by atoms with Crippen LogP contribution in [0.2, 0.25) is 0 Å². The number of sulfonamides is 1. The van der Waals surface area contributed by atoms with Gasteiger partial charge in [-0.1, -0.05) is 19.1 Å². The molecule has 2 aliphatic rings. The van der Waals surface area contributed by atoms with Crippen molar-refractivity contribution in [3.05, 3.63) is 47.7 Å². The lowest BCUT2D eigenvalue weighted by Crippen LogP contribution is -2.45. The van der Waals surface area contributed by atoms with Crippen LogP contribution in [0.3, 0.4) is 0 Å². The average molecular weight is 401 g/mol. The van der Waals surface area contributed by atoms with Crippen LogP contribution in [0, 0.1) is 12.3 Å². The molecule has 28 heavy (non-hydrogen) atoms. The van der Waals surface area contributed by atoms with E-state index in [1.807, 2.05) is 31.2 Å². The lowest BCUT2D eigenvalue weighted by Gasteiger charge is -2.40. The van der Waals surface area contributed by atoms with E-state index in [1.54, 1.807) is 16.4 Å². The quantitative estimate of drug-likeness (QED) is 0.789. The zero-order chi connectivity index (χ0) is 19.8. The van der Waals surface area contributed by atoms with Crippen LogP contribution < -0.4 is 4.90 Å². The minimum atomic E-state index is -3.44. The number of nitrogens with zero attached hydrogens (tertiary/aromatic N) is 4. The van der Waals surface area contributed by atoms with Crippen molar-refractivity contribution in [2.45, 2.75) is 44.4 Å². The van der Waals surface area contributed by atoms with E-state index in [2.05, 4.69) is 22.0 Å². The van der Waals surface area contributed by atoms with Gasteiger partial charge in [-0.2, -0.15) is 9.40 Å². The summed E-state index contributed by atoms with van der Waals surface area (Å²) in [6, 6.07) is 11.3. The van der Waals surface area contributed by atoms with Gasteiger partial charge in [0.15, 0.2) is 5.82 Å². The number of rotatable bonds is 4. The summed E-state index contributed by atoms with van der Waals surface area (Å²) in [5.41, 5.74) is 2.06. The van der Waals surface area contributed by atoms with Crippen LogP contribution >= 0.6 is 0 Å². The normalized spacial score (nSPS) is 23.4. The number of aromatic nitrogens is 2. The Morgan fingerprint density at radius 2 is 1.79 bits per heavy atom. The smallest absolute Gasteiger partial charge is 0.243 e. The van der Waals surface area contributed by atoms with Crippen LogP contribution in [0.1, 0.15) is 37.4 Å². The third-order valence-corrected chi connectivity index (χ3v) is 8.00. The summed E-state index contributed by atoms with van der Waals surface area (Å²) >= 11 is 0. The average Bonchev–Trinajstić information content (AvgIpc) is 3.12. The lowest BCUT2D eigenvalue weighted by atomic mass is 9.79. The summed E-state index contributed by atoms with van der Waals surface area (Å²) in [5.74, 6) is 0.890. The van der Waals surface area contributed by atoms with Gasteiger partial charge < -0.3 is 4.90 Å². The van der Waals surface area contributed by atoms with Gasteiger partial charge in [0.2, 0.25) is 10.0 Å². The summed E-state index contributed by atoms with van der Waals surface area (Å²) in [6.07, 6.45) is 3.91. The highest BCUT2D eigenvalue weighted by atomic mass is 32.2. The molecule has 2 fully saturated rings. The molecule has 0 radical (unpaired) electrons. The molecule has 2 aliphatic heterocycles. The molecular weight excluding hydrogens is 372 g/mol. The Bertz CT molecular complexity index is 928. The monoisotopic (exact) mass is 400 g/mol. The van der Waals surface area contributed by atoms with E-state index in [0.717, 1.165) is 55.8 Å². The third kappa shape index (κ3) is 3.65. The molecule has 0 N–H and O–H groups in total. The largest absolute Gasteiger partial charge is 0.355 e. The Morgan fingerprint density at radius 1 is 1.00 bits per heavy atom. The van der Waals surface area contributed by atoms with Crippen molar-refractivity contribution in [2.75, 3.05) is 31.1 Å². The van der Waals surface area contributed by atoms with Crippen molar-refractivity contribution in [3.8, 4) is 0 Å². The number of hydrogen-bond acceptors (Lipinski definition) is 5. The number of anilines is 1. The standard InChI is InChI=1S/C21H28N4O2S/c1-3-18-6-8-19(9-7-18)28(26,27)25-14-12-21(16-25)11-4-13-24(15-21)20-10-5-17(2)22-23-20/h5-10H,3-4,11-16H2,1-2H3/t21-/m1/s1. The van der Waals surface area contributed by atoms with Crippen molar-refractivity contribution < 1.29 is 8.42 Å². The summed E-state index contributed by atoms with van der Waals surface area (Å²) in [4.78, 5) is 2.67. The maximum atomic E-state index is 13.1. The Hall–Kier alpha value is -1.99. The molecule has 1 aromatic heterocycles. The van der Waals surface area contributed by atoms with Crippen LogP contribution in [-0.4, -0.2) is 49.1 Å². The van der Waals surface area contributed by atoms with Gasteiger partial charge >= 0.3 is 0 Å². The van der Waals surface area contributed by atoms with Crippen LogP contribution in [-0.2, 0) is 16.4 Å². The molecule has 0 saturated carbocycles. The van der Waals surface area contributed by atoms with E-state index in [4.69, 9.17) is 0 Å². The number of aryl methyl sites for hydroxylation is 2. The maximum absolute atomic E-state index is 13.1. The first-order chi connectivity index (χ1) is 13.4. The molecule has 0 unspecified atom stereocenters. The molecule has 1 atom stereocenters. The molecule has 2 aromatic rings. The Labute approximate surface area is 167 Å². The van der Waals surface area contributed by atoms with Gasteiger partial charge in [-0.15, -0.1) is 5.10 Å². The minimum Gasteiger partial charge on any atom is -0.355 e. The predicted molar refractivity (Wildman–Crippen MR) is 110 cm³/mol. The Balaban J connectivity index is 1.51. The summed E-state index contributed by atoms with van der Waals surface area (Å²) in [5, 5.41) is 8.51. The van der Waals surface area contributed by atoms with Crippen molar-refractivity contribution in [1.82, 2.24) is 14.5 Å². The van der Waals surface area contributed by atoms with E-state index in [0.29, 0.717) is 18.0 Å². The second kappa shape index (κ2) is 7.44. The van der Waals surface area contributed by atoms with E-state index >= 15 is 0 Å². The van der Waals surface area contributed by atoms with Gasteiger partial charge in [0.25, 0.3) is 0 Å². The van der Waals surface area contributed by atoms with Gasteiger partial charge in [-0.05, 0) is 62.4 Å². The Morgan fingerprint density at radius 3 is 2.46 bits per heavy atom. The molecule has 3 heterocycles. The van der Waals surface area contributed by atoms with Gasteiger partial charge in [-0.25, -0.2) is 8.42 Å². The second-order valence-electron chi connectivity index (χ2n) is 8.14. The molecule has 1 spiro atoms. The highest BCUT2D eigenvalue weighted by Crippen LogP contribution is 2.41. The van der Waals surface area contributed by atoms with Crippen molar-refractivity contribution in [3.63, 3.8) is 0 Å². The van der Waals surface area contributed by atoms with Gasteiger partial charge in [-0.3, -0.25) is 0 Å². The second-order valence-corrected chi connectivity index (χ2v) is 10.1. The van der Waals surface area contributed by atoms with Crippen LogP contribution in [0.25, 0.3) is 0 Å². The topological polar surface area (TPSA) is 66.4 Å². The molecule has 0 bridgehead atoms. The SMILES string of the molecule is CCc1ccc(S(=O)(=O)N2CC[C@@]3(CCCN(c4ccc(C)nn4)C3)C2)cc1. The van der Waals surface area contributed by atoms with E-state index in [9.17, 15) is 8.42 Å². The maximum Gasteiger partial charge on any atom is 0.243 e. The molecule has 7 heteroatoms. The number of piperidine rings is 1. The highest BCUT2D eigenvalue weighted by Gasteiger charge is 2.45. The summed E-state index contributed by atoms with van der Waals surface area (Å²) in [6.45, 7) is 6.96. The summed E-state index contributed by atoms with van der Waals surface area (Å²) < 4.78 is 28.0. The lowest BCUT2D eigenvalue weighted by molar-refractivity contribution is 0.246. The molecule has 6 nitrogen and oxygen atoms in total. The fourth-order valence-corrected chi connectivity index (χ4v) is 6.00. The van der Waals surface area contributed by atoms with E-state index in [1.165, 1.54) is 0 Å². The first-order valence-electron chi connectivity index (χ1n) is 10.1. The molecule has 0 aliphatic carbocycles. The first-order valence-corrected chi connectivity index (χ1v) is 11.5. The predicted octanol–water partition coefficient (Wildman–Crippen LogP) is 3.03. The van der Waals surface area contributed by atoms with Crippen LogP contribution in [0.4, 0.5) is 5.82 Å². The van der Waals surface area contributed by atoms with Crippen molar-refractivity contribution in [2.24, 2.45) is 5.41 Å². The molecule has 2 saturated heterocycles. The first kappa shape index (κ1) is 19.3.